The second-order valence-corrected chi connectivity index (χ2v) is 3.03. The van der Waals surface area contributed by atoms with Crippen molar-refractivity contribution >= 4 is 5.69 Å². The molecule has 0 unspecified atom stereocenters. The summed E-state index contributed by atoms with van der Waals surface area (Å²) in [6, 6.07) is 2.59. The van der Waals surface area contributed by atoms with Gasteiger partial charge in [0.15, 0.2) is 5.82 Å². The van der Waals surface area contributed by atoms with E-state index in [0.717, 1.165) is 6.42 Å². The third kappa shape index (κ3) is 2.20. The van der Waals surface area contributed by atoms with Crippen LogP contribution in [0.4, 0.5) is 14.5 Å². The highest BCUT2D eigenvalue weighted by molar-refractivity contribution is 5.49. The Morgan fingerprint density at radius 1 is 1.36 bits per heavy atom. The standard InChI is InChI=1S/C10H14F2N2/c1-2-5-14-10-8(11)4-3-7(6-13)9(10)12/h3-4,14H,2,5-6,13H2,1H3. The summed E-state index contributed by atoms with van der Waals surface area (Å²) in [5.41, 5.74) is 5.56. The van der Waals surface area contributed by atoms with E-state index < -0.39 is 11.6 Å². The molecule has 0 heterocycles. The summed E-state index contributed by atoms with van der Waals surface area (Å²) >= 11 is 0. The van der Waals surface area contributed by atoms with Gasteiger partial charge in [0.2, 0.25) is 0 Å². The van der Waals surface area contributed by atoms with E-state index >= 15 is 0 Å². The van der Waals surface area contributed by atoms with Crippen molar-refractivity contribution in [3.8, 4) is 0 Å². The van der Waals surface area contributed by atoms with Crippen LogP contribution in [0.3, 0.4) is 0 Å². The SMILES string of the molecule is CCCNc1c(F)ccc(CN)c1F. The van der Waals surface area contributed by atoms with Crippen molar-refractivity contribution in [3.05, 3.63) is 29.3 Å². The van der Waals surface area contributed by atoms with E-state index in [1.165, 1.54) is 12.1 Å². The van der Waals surface area contributed by atoms with E-state index in [4.69, 9.17) is 5.73 Å². The lowest BCUT2D eigenvalue weighted by atomic mass is 10.1. The Morgan fingerprint density at radius 3 is 2.64 bits per heavy atom. The van der Waals surface area contributed by atoms with Crippen molar-refractivity contribution in [2.45, 2.75) is 19.9 Å². The molecule has 0 fully saturated rings. The summed E-state index contributed by atoms with van der Waals surface area (Å²) < 4.78 is 26.6. The van der Waals surface area contributed by atoms with Crippen molar-refractivity contribution in [3.63, 3.8) is 0 Å². The smallest absolute Gasteiger partial charge is 0.153 e. The summed E-state index contributed by atoms with van der Waals surface area (Å²) in [4.78, 5) is 0. The van der Waals surface area contributed by atoms with Gasteiger partial charge in [-0.25, -0.2) is 8.78 Å². The monoisotopic (exact) mass is 200 g/mol. The molecule has 0 aliphatic carbocycles. The highest BCUT2D eigenvalue weighted by atomic mass is 19.1. The van der Waals surface area contributed by atoms with Gasteiger partial charge < -0.3 is 11.1 Å². The average Bonchev–Trinajstić information content (AvgIpc) is 2.18. The van der Waals surface area contributed by atoms with Gasteiger partial charge in [-0.1, -0.05) is 13.0 Å². The molecule has 0 aliphatic heterocycles. The minimum absolute atomic E-state index is 0.0743. The summed E-state index contributed by atoms with van der Waals surface area (Å²) in [7, 11) is 0. The molecule has 0 amide bonds. The molecule has 1 aromatic carbocycles. The molecule has 1 aromatic rings. The van der Waals surface area contributed by atoms with E-state index in [1.807, 2.05) is 6.92 Å². The van der Waals surface area contributed by atoms with Gasteiger partial charge in [0.05, 0.1) is 0 Å². The maximum absolute atomic E-state index is 13.5. The van der Waals surface area contributed by atoms with Gasteiger partial charge in [0, 0.05) is 18.7 Å². The number of halogens is 2. The van der Waals surface area contributed by atoms with Crippen molar-refractivity contribution in [1.29, 1.82) is 0 Å². The largest absolute Gasteiger partial charge is 0.380 e. The summed E-state index contributed by atoms with van der Waals surface area (Å²) in [6.45, 7) is 2.55. The maximum atomic E-state index is 13.5. The van der Waals surface area contributed by atoms with Crippen molar-refractivity contribution in [1.82, 2.24) is 0 Å². The quantitative estimate of drug-likeness (QED) is 0.782. The van der Waals surface area contributed by atoms with Crippen LogP contribution in [-0.2, 0) is 6.54 Å². The fraction of sp³-hybridized carbons (Fsp3) is 0.400. The van der Waals surface area contributed by atoms with Crippen LogP contribution in [0, 0.1) is 11.6 Å². The van der Waals surface area contributed by atoms with Crippen molar-refractivity contribution in [2.75, 3.05) is 11.9 Å². The Labute approximate surface area is 82.1 Å². The highest BCUT2D eigenvalue weighted by Gasteiger charge is 2.11. The Kier molecular flexibility index (Phi) is 3.83. The molecule has 0 spiro atoms. The van der Waals surface area contributed by atoms with Crippen LogP contribution in [0.2, 0.25) is 0 Å². The first-order chi connectivity index (χ1) is 6.70. The zero-order valence-corrected chi connectivity index (χ0v) is 8.11. The molecule has 0 saturated heterocycles. The van der Waals surface area contributed by atoms with E-state index in [0.29, 0.717) is 12.1 Å². The molecule has 0 atom stereocenters. The van der Waals surface area contributed by atoms with Crippen LogP contribution in [0.5, 0.6) is 0 Å². The Morgan fingerprint density at radius 2 is 2.07 bits per heavy atom. The van der Waals surface area contributed by atoms with Crippen molar-refractivity contribution < 1.29 is 8.78 Å². The van der Waals surface area contributed by atoms with Crippen LogP contribution in [-0.4, -0.2) is 6.54 Å². The Balaban J connectivity index is 2.99. The van der Waals surface area contributed by atoms with E-state index in [2.05, 4.69) is 5.32 Å². The van der Waals surface area contributed by atoms with Crippen LogP contribution in [0.15, 0.2) is 12.1 Å². The van der Waals surface area contributed by atoms with E-state index in [9.17, 15) is 8.78 Å². The number of nitrogens with two attached hydrogens (primary N) is 1. The first kappa shape index (κ1) is 10.9. The van der Waals surface area contributed by atoms with Gasteiger partial charge in [-0.15, -0.1) is 0 Å². The van der Waals surface area contributed by atoms with E-state index in [1.54, 1.807) is 0 Å². The van der Waals surface area contributed by atoms with Crippen LogP contribution < -0.4 is 11.1 Å². The second-order valence-electron chi connectivity index (χ2n) is 3.03. The molecular weight excluding hydrogens is 186 g/mol. The average molecular weight is 200 g/mol. The molecule has 0 radical (unpaired) electrons. The minimum Gasteiger partial charge on any atom is -0.380 e. The molecule has 14 heavy (non-hydrogen) atoms. The van der Waals surface area contributed by atoms with Crippen LogP contribution in [0.1, 0.15) is 18.9 Å². The molecule has 78 valence electrons. The number of nitrogens with one attached hydrogen (secondary N) is 1. The number of benzene rings is 1. The lowest BCUT2D eigenvalue weighted by Crippen LogP contribution is -2.08. The van der Waals surface area contributed by atoms with E-state index in [-0.39, 0.29) is 12.2 Å². The zero-order chi connectivity index (χ0) is 10.6. The number of anilines is 1. The highest BCUT2D eigenvalue weighted by Crippen LogP contribution is 2.21. The third-order valence-corrected chi connectivity index (χ3v) is 1.94. The van der Waals surface area contributed by atoms with Gasteiger partial charge in [-0.2, -0.15) is 0 Å². The molecule has 3 N–H and O–H groups in total. The first-order valence-corrected chi connectivity index (χ1v) is 4.61. The zero-order valence-electron chi connectivity index (χ0n) is 8.11. The van der Waals surface area contributed by atoms with Gasteiger partial charge in [-0.05, 0) is 12.5 Å². The van der Waals surface area contributed by atoms with Gasteiger partial charge in [0.1, 0.15) is 11.5 Å². The predicted molar refractivity (Wildman–Crippen MR) is 53.0 cm³/mol. The minimum atomic E-state index is -0.582. The van der Waals surface area contributed by atoms with Crippen LogP contribution in [0.25, 0.3) is 0 Å². The fourth-order valence-corrected chi connectivity index (χ4v) is 1.17. The normalized spacial score (nSPS) is 10.3. The number of hydrogen-bond donors (Lipinski definition) is 2. The van der Waals surface area contributed by atoms with Gasteiger partial charge in [0.25, 0.3) is 0 Å². The number of rotatable bonds is 4. The summed E-state index contributed by atoms with van der Waals surface area (Å²) in [5, 5.41) is 2.70. The molecule has 1 rings (SSSR count). The maximum Gasteiger partial charge on any atom is 0.153 e. The molecule has 0 saturated carbocycles. The first-order valence-electron chi connectivity index (χ1n) is 4.61. The number of hydrogen-bond acceptors (Lipinski definition) is 2. The lowest BCUT2D eigenvalue weighted by Gasteiger charge is -2.09. The molecule has 0 aromatic heterocycles. The fourth-order valence-electron chi connectivity index (χ4n) is 1.17. The van der Waals surface area contributed by atoms with Crippen molar-refractivity contribution in [2.24, 2.45) is 5.73 Å². The molecular formula is C10H14F2N2. The third-order valence-electron chi connectivity index (χ3n) is 1.94. The Bertz CT molecular complexity index is 313. The predicted octanol–water partition coefficient (Wildman–Crippen LogP) is 2.25. The molecule has 0 aliphatic rings. The summed E-state index contributed by atoms with van der Waals surface area (Å²) in [6.07, 6.45) is 0.811. The molecule has 2 nitrogen and oxygen atoms in total. The van der Waals surface area contributed by atoms with Gasteiger partial charge >= 0.3 is 0 Å². The van der Waals surface area contributed by atoms with Gasteiger partial charge in [-0.3, -0.25) is 0 Å². The second kappa shape index (κ2) is 4.91. The Hall–Kier alpha value is -1.16. The lowest BCUT2D eigenvalue weighted by molar-refractivity contribution is 0.577. The molecule has 4 heteroatoms. The summed E-state index contributed by atoms with van der Waals surface area (Å²) in [5.74, 6) is -1.16. The van der Waals surface area contributed by atoms with Crippen LogP contribution >= 0.6 is 0 Å². The molecule has 0 bridgehead atoms. The topological polar surface area (TPSA) is 38.0 Å².